The molecular formula is C20H32N2O2S. The molecule has 1 amide bonds. The van der Waals surface area contributed by atoms with Crippen molar-refractivity contribution in [2.75, 3.05) is 32.5 Å². The van der Waals surface area contributed by atoms with E-state index in [1.807, 2.05) is 24.3 Å². The third kappa shape index (κ3) is 6.55. The van der Waals surface area contributed by atoms with Crippen LogP contribution in [0.2, 0.25) is 0 Å². The predicted molar refractivity (Wildman–Crippen MR) is 105 cm³/mol. The van der Waals surface area contributed by atoms with Crippen molar-refractivity contribution in [1.29, 1.82) is 0 Å². The summed E-state index contributed by atoms with van der Waals surface area (Å²) in [5.74, 6) is 2.54. The summed E-state index contributed by atoms with van der Waals surface area (Å²) < 4.78 is 5.15. The van der Waals surface area contributed by atoms with Crippen molar-refractivity contribution in [2.24, 2.45) is 5.92 Å². The number of ether oxygens (including phenoxy) is 1. The Labute approximate surface area is 156 Å². The second-order valence-electron chi connectivity index (χ2n) is 7.56. The fourth-order valence-electron chi connectivity index (χ4n) is 3.19. The van der Waals surface area contributed by atoms with Gasteiger partial charge in [-0.15, -0.1) is 11.8 Å². The fourth-order valence-corrected chi connectivity index (χ4v) is 4.04. The number of amides is 1. The van der Waals surface area contributed by atoms with Crippen LogP contribution >= 0.6 is 11.8 Å². The van der Waals surface area contributed by atoms with Gasteiger partial charge in [-0.1, -0.05) is 6.92 Å². The van der Waals surface area contributed by atoms with Crippen molar-refractivity contribution in [3.05, 3.63) is 24.3 Å². The number of methoxy groups -OCH3 is 1. The SMILES string of the molecule is COc1ccc(SCCC(=O)NCC(C)(C)N2CCCC(C)C2)cc1. The van der Waals surface area contributed by atoms with Gasteiger partial charge in [0, 0.05) is 35.7 Å². The molecule has 1 aromatic rings. The maximum absolute atomic E-state index is 12.2. The van der Waals surface area contributed by atoms with Gasteiger partial charge in [0.25, 0.3) is 0 Å². The number of thioether (sulfide) groups is 1. The quantitative estimate of drug-likeness (QED) is 0.712. The standard InChI is InChI=1S/C20H32N2O2S/c1-16-6-5-12-22(14-16)20(2,3)15-21-19(23)11-13-25-18-9-7-17(24-4)8-10-18/h7-10,16H,5-6,11-15H2,1-4H3,(H,21,23). The van der Waals surface area contributed by atoms with Crippen molar-refractivity contribution < 1.29 is 9.53 Å². The Morgan fingerprint density at radius 1 is 1.36 bits per heavy atom. The Kier molecular flexibility index (Phi) is 7.63. The summed E-state index contributed by atoms with van der Waals surface area (Å²) in [5, 5.41) is 3.13. The molecule has 25 heavy (non-hydrogen) atoms. The molecule has 1 unspecified atom stereocenters. The lowest BCUT2D eigenvalue weighted by Crippen LogP contribution is -2.54. The number of piperidine rings is 1. The number of hydrogen-bond donors (Lipinski definition) is 1. The maximum Gasteiger partial charge on any atom is 0.220 e. The average molecular weight is 365 g/mol. The summed E-state index contributed by atoms with van der Waals surface area (Å²) in [6.45, 7) is 9.77. The molecule has 4 nitrogen and oxygen atoms in total. The topological polar surface area (TPSA) is 41.6 Å². The first-order valence-electron chi connectivity index (χ1n) is 9.19. The Hall–Kier alpha value is -1.20. The normalized spacial score (nSPS) is 18.8. The molecule has 1 heterocycles. The van der Waals surface area contributed by atoms with Crippen molar-refractivity contribution in [3.8, 4) is 5.75 Å². The largest absolute Gasteiger partial charge is 0.497 e. The van der Waals surface area contributed by atoms with Crippen LogP contribution < -0.4 is 10.1 Å². The minimum absolute atomic E-state index is 0.0213. The van der Waals surface area contributed by atoms with Gasteiger partial charge in [-0.3, -0.25) is 9.69 Å². The van der Waals surface area contributed by atoms with E-state index >= 15 is 0 Å². The van der Waals surface area contributed by atoms with Crippen molar-refractivity contribution in [1.82, 2.24) is 10.2 Å². The van der Waals surface area contributed by atoms with Crippen LogP contribution in [0, 0.1) is 5.92 Å². The lowest BCUT2D eigenvalue weighted by atomic mass is 9.93. The van der Waals surface area contributed by atoms with Crippen LogP contribution in [-0.2, 0) is 4.79 Å². The molecule has 1 fully saturated rings. The number of benzene rings is 1. The summed E-state index contributed by atoms with van der Waals surface area (Å²) in [7, 11) is 1.67. The smallest absolute Gasteiger partial charge is 0.220 e. The zero-order valence-electron chi connectivity index (χ0n) is 16.0. The van der Waals surface area contributed by atoms with E-state index in [-0.39, 0.29) is 11.4 Å². The van der Waals surface area contributed by atoms with Gasteiger partial charge in [0.15, 0.2) is 0 Å². The average Bonchev–Trinajstić information content (AvgIpc) is 2.61. The van der Waals surface area contributed by atoms with E-state index in [9.17, 15) is 4.79 Å². The molecule has 140 valence electrons. The number of nitrogens with one attached hydrogen (secondary N) is 1. The summed E-state index contributed by atoms with van der Waals surface area (Å²) in [4.78, 5) is 15.8. The molecule has 0 bridgehead atoms. The molecule has 0 aliphatic carbocycles. The molecule has 0 spiro atoms. The first-order chi connectivity index (χ1) is 11.9. The van der Waals surface area contributed by atoms with Gasteiger partial charge < -0.3 is 10.1 Å². The maximum atomic E-state index is 12.2. The third-order valence-electron chi connectivity index (χ3n) is 4.89. The van der Waals surface area contributed by atoms with Crippen LogP contribution in [0.25, 0.3) is 0 Å². The molecule has 0 radical (unpaired) electrons. The van der Waals surface area contributed by atoms with E-state index in [2.05, 4.69) is 31.0 Å². The van der Waals surface area contributed by atoms with Gasteiger partial charge >= 0.3 is 0 Å². The highest BCUT2D eigenvalue weighted by molar-refractivity contribution is 7.99. The van der Waals surface area contributed by atoms with E-state index in [1.54, 1.807) is 18.9 Å². The molecule has 1 aliphatic rings. The Morgan fingerprint density at radius 3 is 2.72 bits per heavy atom. The Morgan fingerprint density at radius 2 is 2.08 bits per heavy atom. The number of carbonyl (C=O) groups is 1. The van der Waals surface area contributed by atoms with Gasteiger partial charge in [0.1, 0.15) is 5.75 Å². The van der Waals surface area contributed by atoms with Gasteiger partial charge in [-0.05, 0) is 63.4 Å². The lowest BCUT2D eigenvalue weighted by molar-refractivity contribution is -0.121. The molecule has 2 rings (SSSR count). The highest BCUT2D eigenvalue weighted by atomic mass is 32.2. The lowest BCUT2D eigenvalue weighted by Gasteiger charge is -2.43. The molecule has 1 aliphatic heterocycles. The Bertz CT molecular complexity index is 545. The molecule has 1 atom stereocenters. The summed E-state index contributed by atoms with van der Waals surface area (Å²) >= 11 is 1.70. The first kappa shape index (κ1) is 20.1. The molecule has 0 aromatic heterocycles. The van der Waals surface area contributed by atoms with Crippen molar-refractivity contribution >= 4 is 17.7 Å². The van der Waals surface area contributed by atoms with Crippen molar-refractivity contribution in [3.63, 3.8) is 0 Å². The van der Waals surface area contributed by atoms with E-state index < -0.39 is 0 Å². The number of rotatable bonds is 8. The highest BCUT2D eigenvalue weighted by Gasteiger charge is 2.30. The van der Waals surface area contributed by atoms with Crippen LogP contribution in [0.1, 0.15) is 40.0 Å². The second kappa shape index (κ2) is 9.48. The molecule has 1 saturated heterocycles. The molecular weight excluding hydrogens is 332 g/mol. The monoisotopic (exact) mass is 364 g/mol. The zero-order chi connectivity index (χ0) is 18.3. The minimum atomic E-state index is 0.0213. The fraction of sp³-hybridized carbons (Fsp3) is 0.650. The summed E-state index contributed by atoms with van der Waals surface area (Å²) in [6.07, 6.45) is 3.13. The van der Waals surface area contributed by atoms with Gasteiger partial charge in [0.05, 0.1) is 7.11 Å². The number of hydrogen-bond acceptors (Lipinski definition) is 4. The van der Waals surface area contributed by atoms with Crippen LogP contribution in [0.3, 0.4) is 0 Å². The van der Waals surface area contributed by atoms with Crippen LogP contribution in [-0.4, -0.2) is 48.8 Å². The van der Waals surface area contributed by atoms with Crippen molar-refractivity contribution in [2.45, 2.75) is 50.5 Å². The number of likely N-dealkylation sites (tertiary alicyclic amines) is 1. The van der Waals surface area contributed by atoms with Crippen LogP contribution in [0.15, 0.2) is 29.2 Å². The molecule has 0 saturated carbocycles. The van der Waals surface area contributed by atoms with Gasteiger partial charge in [-0.25, -0.2) is 0 Å². The summed E-state index contributed by atoms with van der Waals surface area (Å²) in [5.41, 5.74) is 0.0213. The number of carbonyl (C=O) groups excluding carboxylic acids is 1. The Balaban J connectivity index is 1.68. The van der Waals surface area contributed by atoms with E-state index in [0.717, 1.165) is 35.4 Å². The van der Waals surface area contributed by atoms with Gasteiger partial charge in [-0.2, -0.15) is 0 Å². The molecule has 1 N–H and O–H groups in total. The second-order valence-corrected chi connectivity index (χ2v) is 8.72. The minimum Gasteiger partial charge on any atom is -0.497 e. The number of nitrogens with zero attached hydrogens (tertiary/aromatic N) is 1. The highest BCUT2D eigenvalue weighted by Crippen LogP contribution is 2.24. The molecule has 1 aromatic carbocycles. The molecule has 5 heteroatoms. The van der Waals surface area contributed by atoms with Crippen LogP contribution in [0.5, 0.6) is 5.75 Å². The zero-order valence-corrected chi connectivity index (χ0v) is 16.8. The van der Waals surface area contributed by atoms with E-state index in [4.69, 9.17) is 4.74 Å². The first-order valence-corrected chi connectivity index (χ1v) is 10.2. The van der Waals surface area contributed by atoms with Gasteiger partial charge in [0.2, 0.25) is 5.91 Å². The summed E-state index contributed by atoms with van der Waals surface area (Å²) in [6, 6.07) is 7.96. The predicted octanol–water partition coefficient (Wildman–Crippen LogP) is 3.80. The van der Waals surface area contributed by atoms with E-state index in [1.165, 1.54) is 12.8 Å². The van der Waals surface area contributed by atoms with Crippen LogP contribution in [0.4, 0.5) is 0 Å². The van der Waals surface area contributed by atoms with E-state index in [0.29, 0.717) is 13.0 Å². The third-order valence-corrected chi connectivity index (χ3v) is 5.90.